The van der Waals surface area contributed by atoms with Gasteiger partial charge in [0.2, 0.25) is 0 Å². The van der Waals surface area contributed by atoms with Gasteiger partial charge in [-0.15, -0.1) is 0 Å². The van der Waals surface area contributed by atoms with E-state index in [1.165, 1.54) is 11.1 Å². The summed E-state index contributed by atoms with van der Waals surface area (Å²) in [7, 11) is 0. The Hall–Kier alpha value is -6.48. The summed E-state index contributed by atoms with van der Waals surface area (Å²) in [6, 6.07) is 28.1. The topological polar surface area (TPSA) is 124 Å². The molecule has 0 saturated heterocycles. The lowest BCUT2D eigenvalue weighted by Crippen LogP contribution is -2.18. The van der Waals surface area contributed by atoms with E-state index < -0.39 is 11.8 Å². The molecule has 0 saturated carbocycles. The van der Waals surface area contributed by atoms with E-state index in [2.05, 4.69) is 79.5 Å². The van der Waals surface area contributed by atoms with Crippen molar-refractivity contribution in [2.24, 2.45) is 15.0 Å². The molecule has 0 aliphatic carbocycles. The van der Waals surface area contributed by atoms with Gasteiger partial charge in [0.15, 0.2) is 0 Å². The van der Waals surface area contributed by atoms with Crippen molar-refractivity contribution in [3.63, 3.8) is 0 Å². The molecule has 2 amide bonds. The molecular formula is C45H43N7O2. The predicted octanol–water partition coefficient (Wildman–Crippen LogP) is 10.3. The van der Waals surface area contributed by atoms with E-state index in [0.29, 0.717) is 22.7 Å². The molecule has 0 spiro atoms. The summed E-state index contributed by atoms with van der Waals surface area (Å²) in [6.45, 7) is 10.7. The van der Waals surface area contributed by atoms with Gasteiger partial charge in [0.25, 0.3) is 11.8 Å². The second-order valence-corrected chi connectivity index (χ2v) is 13.6. The number of aryl methyl sites for hydroxylation is 1. The molecule has 2 aliphatic heterocycles. The Balaban J connectivity index is 1.48. The molecule has 54 heavy (non-hydrogen) atoms. The van der Waals surface area contributed by atoms with Crippen LogP contribution in [0.1, 0.15) is 94.7 Å². The number of pyridine rings is 1. The minimum Gasteiger partial charge on any atom is -0.353 e. The number of carbonyl (C=O) groups excluding carboxylic acids is 2. The first-order chi connectivity index (χ1) is 26.2. The fourth-order valence-corrected chi connectivity index (χ4v) is 6.94. The summed E-state index contributed by atoms with van der Waals surface area (Å²) < 4.78 is 0. The average Bonchev–Trinajstić information content (AvgIpc) is 3.65. The molecule has 4 heterocycles. The fourth-order valence-electron chi connectivity index (χ4n) is 6.94. The third-order valence-corrected chi connectivity index (χ3v) is 9.77. The van der Waals surface area contributed by atoms with Crippen molar-refractivity contribution in [1.29, 1.82) is 0 Å². The molecule has 3 aromatic carbocycles. The highest BCUT2D eigenvalue weighted by molar-refractivity contribution is 6.40. The van der Waals surface area contributed by atoms with Gasteiger partial charge >= 0.3 is 0 Å². The van der Waals surface area contributed by atoms with Crippen molar-refractivity contribution in [1.82, 2.24) is 9.97 Å². The molecule has 5 aromatic rings. The van der Waals surface area contributed by atoms with E-state index in [1.54, 1.807) is 36.5 Å². The van der Waals surface area contributed by atoms with Crippen LogP contribution in [0.5, 0.6) is 0 Å². The number of nitrogens with zero attached hydrogens (tertiary/aromatic N) is 4. The molecular weight excluding hydrogens is 671 g/mol. The lowest BCUT2D eigenvalue weighted by Gasteiger charge is -2.13. The van der Waals surface area contributed by atoms with E-state index in [9.17, 15) is 9.59 Å². The maximum absolute atomic E-state index is 13.5. The number of aromatic amines is 1. The van der Waals surface area contributed by atoms with Crippen LogP contribution in [0.3, 0.4) is 0 Å². The maximum Gasteiger partial charge on any atom is 0.274 e. The van der Waals surface area contributed by atoms with Gasteiger partial charge in [-0.3, -0.25) is 19.6 Å². The standard InChI is InChI=1S/C45H43N7O2/c1-6-13-31-28(4)42-41(30-23-21-27(3)22-24-30)43-29(5)32(14-7-2)40(50-43)26-47-34-16-9-11-18-36(34)52-45(54)38-20-12-19-37(48-38)44(53)51-35-17-10-8-15-33(35)46-25-39(31)49-42/h8-12,15-26,49H,6-7,13-14H2,1-5H3,(H,51,53)(H,52,54). The second-order valence-electron chi connectivity index (χ2n) is 13.6. The highest BCUT2D eigenvalue weighted by Crippen LogP contribution is 2.40. The van der Waals surface area contributed by atoms with Gasteiger partial charge < -0.3 is 15.6 Å². The number of hydrogen-bond donors (Lipinski definition) is 3. The smallest absolute Gasteiger partial charge is 0.274 e. The summed E-state index contributed by atoms with van der Waals surface area (Å²) in [5.41, 5.74) is 13.7. The van der Waals surface area contributed by atoms with E-state index in [1.807, 2.05) is 42.6 Å². The zero-order chi connectivity index (χ0) is 37.8. The summed E-state index contributed by atoms with van der Waals surface area (Å²) >= 11 is 0. The minimum atomic E-state index is -0.462. The number of allylic oxidation sites excluding steroid dienone is 2. The molecule has 0 unspecified atom stereocenters. The van der Waals surface area contributed by atoms with E-state index in [-0.39, 0.29) is 11.4 Å². The minimum absolute atomic E-state index is 0.0959. The monoisotopic (exact) mass is 713 g/mol. The van der Waals surface area contributed by atoms with E-state index in [0.717, 1.165) is 76.3 Å². The summed E-state index contributed by atoms with van der Waals surface area (Å²) in [4.78, 5) is 50.4. The number of rotatable bonds is 5. The second kappa shape index (κ2) is 15.6. The van der Waals surface area contributed by atoms with Crippen LogP contribution in [0.25, 0.3) is 5.57 Å². The van der Waals surface area contributed by atoms with Gasteiger partial charge in [-0.1, -0.05) is 86.8 Å². The van der Waals surface area contributed by atoms with Crippen LogP contribution in [0, 0.1) is 13.8 Å². The normalized spacial score (nSPS) is 14.5. The number of aliphatic imine (C=N–C) groups is 3. The van der Waals surface area contributed by atoms with E-state index in [4.69, 9.17) is 15.0 Å². The number of carbonyl (C=O) groups is 2. The number of H-pyrrole nitrogens is 1. The zero-order valence-electron chi connectivity index (χ0n) is 31.2. The van der Waals surface area contributed by atoms with Crippen LogP contribution in [-0.2, 0) is 6.42 Å². The van der Waals surface area contributed by atoms with Crippen molar-refractivity contribution >= 4 is 58.3 Å². The van der Waals surface area contributed by atoms with Gasteiger partial charge in [0.05, 0.1) is 58.0 Å². The SMILES string of the molecule is CCCC1=C(C)C2=C(c3ccc(C)cc3)c3[nH]c(c(CCC)c3C)C=Nc3ccccc3NC(=O)c3cccc(n3)C(=O)Nc3ccccc3N=CC1=N2. The van der Waals surface area contributed by atoms with Gasteiger partial charge in [-0.05, 0) is 97.8 Å². The quantitative estimate of drug-likeness (QED) is 0.168. The molecule has 3 N–H and O–H groups in total. The number of hydrogen-bond acceptors (Lipinski definition) is 6. The van der Waals surface area contributed by atoms with Crippen molar-refractivity contribution in [3.8, 4) is 0 Å². The Morgan fingerprint density at radius 3 is 1.85 bits per heavy atom. The Morgan fingerprint density at radius 1 is 0.648 bits per heavy atom. The first-order valence-electron chi connectivity index (χ1n) is 18.4. The molecule has 0 fully saturated rings. The first kappa shape index (κ1) is 35.9. The fraction of sp³-hybridized carbons (Fsp3) is 0.200. The molecule has 0 radical (unpaired) electrons. The third kappa shape index (κ3) is 7.25. The lowest BCUT2D eigenvalue weighted by molar-refractivity contribution is 0.101. The summed E-state index contributed by atoms with van der Waals surface area (Å²) in [5, 5.41) is 5.91. The first-order valence-corrected chi connectivity index (χ1v) is 18.4. The van der Waals surface area contributed by atoms with Crippen LogP contribution in [0.4, 0.5) is 22.7 Å². The zero-order valence-corrected chi connectivity index (χ0v) is 31.2. The number of aromatic nitrogens is 2. The number of benzene rings is 3. The summed E-state index contributed by atoms with van der Waals surface area (Å²) in [5.74, 6) is -0.920. The molecule has 9 nitrogen and oxygen atoms in total. The van der Waals surface area contributed by atoms with Crippen LogP contribution in [0.15, 0.2) is 123 Å². The molecule has 2 aromatic heterocycles. The van der Waals surface area contributed by atoms with Crippen LogP contribution in [0.2, 0.25) is 0 Å². The number of para-hydroxylation sites is 4. The van der Waals surface area contributed by atoms with E-state index >= 15 is 0 Å². The third-order valence-electron chi connectivity index (χ3n) is 9.77. The predicted molar refractivity (Wildman–Crippen MR) is 220 cm³/mol. The van der Waals surface area contributed by atoms with Crippen molar-refractivity contribution in [2.75, 3.05) is 10.6 Å². The van der Waals surface area contributed by atoms with Crippen LogP contribution >= 0.6 is 0 Å². The lowest BCUT2D eigenvalue weighted by atomic mass is 9.92. The van der Waals surface area contributed by atoms with Gasteiger partial charge in [0, 0.05) is 5.57 Å². The van der Waals surface area contributed by atoms with Crippen molar-refractivity contribution in [2.45, 2.75) is 60.3 Å². The molecule has 0 atom stereocenters. The average molecular weight is 714 g/mol. The molecule has 2 aliphatic rings. The molecule has 7 rings (SSSR count). The number of nitrogens with one attached hydrogen (secondary N) is 3. The molecule has 270 valence electrons. The van der Waals surface area contributed by atoms with Crippen LogP contribution in [-0.4, -0.2) is 39.9 Å². The van der Waals surface area contributed by atoms with Gasteiger partial charge in [-0.25, -0.2) is 9.98 Å². The Morgan fingerprint density at radius 2 is 1.24 bits per heavy atom. The highest BCUT2D eigenvalue weighted by Gasteiger charge is 2.27. The number of amides is 2. The largest absolute Gasteiger partial charge is 0.353 e. The Bertz CT molecular complexity index is 2430. The highest BCUT2D eigenvalue weighted by atomic mass is 16.2. The molecule has 9 heteroatoms. The van der Waals surface area contributed by atoms with Gasteiger partial charge in [0.1, 0.15) is 11.4 Å². The van der Waals surface area contributed by atoms with Crippen molar-refractivity contribution < 1.29 is 9.59 Å². The Labute approximate surface area is 315 Å². The molecule has 6 bridgehead atoms. The Kier molecular flexibility index (Phi) is 10.4. The van der Waals surface area contributed by atoms with Crippen molar-refractivity contribution in [3.05, 3.63) is 153 Å². The van der Waals surface area contributed by atoms with Gasteiger partial charge in [-0.2, -0.15) is 0 Å². The number of anilines is 2. The summed E-state index contributed by atoms with van der Waals surface area (Å²) in [6.07, 6.45) is 7.21. The van der Waals surface area contributed by atoms with Crippen LogP contribution < -0.4 is 10.6 Å². The number of fused-ring (bicyclic) bond motifs is 7. The maximum atomic E-state index is 13.5.